The fourth-order valence-electron chi connectivity index (χ4n) is 3.32. The molecular formula is C25H30N4O3. The zero-order chi connectivity index (χ0) is 23.4. The first-order chi connectivity index (χ1) is 15.2. The van der Waals surface area contributed by atoms with E-state index in [1.54, 1.807) is 12.1 Å². The van der Waals surface area contributed by atoms with Crippen molar-refractivity contribution < 1.29 is 4.79 Å². The first-order valence-electron chi connectivity index (χ1n) is 10.9. The monoisotopic (exact) mass is 434 g/mol. The summed E-state index contributed by atoms with van der Waals surface area (Å²) >= 11 is 0. The second kappa shape index (κ2) is 9.77. The van der Waals surface area contributed by atoms with Crippen molar-refractivity contribution in [3.05, 3.63) is 91.8 Å². The Morgan fingerprint density at radius 2 is 1.69 bits per heavy atom. The third-order valence-electron chi connectivity index (χ3n) is 5.66. The number of nitrogens with zero attached hydrogens (tertiary/aromatic N) is 3. The topological polar surface area (TPSA) is 86.0 Å². The van der Waals surface area contributed by atoms with Crippen LogP contribution in [0.15, 0.2) is 58.1 Å². The van der Waals surface area contributed by atoms with Gasteiger partial charge in [-0.05, 0) is 55.0 Å². The summed E-state index contributed by atoms with van der Waals surface area (Å²) in [7, 11) is 0. The highest BCUT2D eigenvalue weighted by atomic mass is 16.2. The van der Waals surface area contributed by atoms with Crippen LogP contribution >= 0.6 is 0 Å². The highest BCUT2D eigenvalue weighted by Crippen LogP contribution is 2.16. The van der Waals surface area contributed by atoms with Gasteiger partial charge in [-0.2, -0.15) is 9.78 Å². The summed E-state index contributed by atoms with van der Waals surface area (Å²) in [5.41, 5.74) is 1.80. The smallest absolute Gasteiger partial charge is 0.348 e. The summed E-state index contributed by atoms with van der Waals surface area (Å²) in [5.74, 6) is -0.254. The molecule has 0 aliphatic carbocycles. The molecule has 0 aliphatic heterocycles. The number of benzene rings is 2. The van der Waals surface area contributed by atoms with Crippen LogP contribution < -0.4 is 16.6 Å². The number of carbonyl (C=O) groups excluding carboxylic acids is 1. The van der Waals surface area contributed by atoms with Crippen molar-refractivity contribution in [2.24, 2.45) is 0 Å². The Morgan fingerprint density at radius 3 is 2.28 bits per heavy atom. The number of nitrogens with one attached hydrogen (secondary N) is 1. The van der Waals surface area contributed by atoms with Gasteiger partial charge in [-0.25, -0.2) is 4.79 Å². The molecule has 32 heavy (non-hydrogen) atoms. The largest absolute Gasteiger partial charge is 0.352 e. The van der Waals surface area contributed by atoms with Gasteiger partial charge in [0.1, 0.15) is 0 Å². The van der Waals surface area contributed by atoms with Gasteiger partial charge in [-0.15, -0.1) is 0 Å². The lowest BCUT2D eigenvalue weighted by atomic mass is 10.0. The maximum atomic E-state index is 13.3. The molecule has 0 saturated heterocycles. The van der Waals surface area contributed by atoms with E-state index < -0.39 is 17.2 Å². The number of rotatable bonds is 7. The Kier molecular flexibility index (Phi) is 7.08. The van der Waals surface area contributed by atoms with E-state index in [-0.39, 0.29) is 18.3 Å². The molecule has 168 valence electrons. The zero-order valence-corrected chi connectivity index (χ0v) is 19.3. The van der Waals surface area contributed by atoms with Crippen LogP contribution in [0.5, 0.6) is 0 Å². The van der Waals surface area contributed by atoms with Gasteiger partial charge in [0.25, 0.3) is 11.5 Å². The highest BCUT2D eigenvalue weighted by molar-refractivity contribution is 5.91. The van der Waals surface area contributed by atoms with Crippen LogP contribution in [0.3, 0.4) is 0 Å². The predicted octanol–water partition coefficient (Wildman–Crippen LogP) is 3.40. The van der Waals surface area contributed by atoms with E-state index in [1.807, 2.05) is 57.2 Å². The van der Waals surface area contributed by atoms with E-state index in [9.17, 15) is 14.4 Å². The number of amides is 1. The third-order valence-corrected chi connectivity index (χ3v) is 5.66. The molecular weight excluding hydrogens is 404 g/mol. The summed E-state index contributed by atoms with van der Waals surface area (Å²) in [6.45, 7) is 9.93. The van der Waals surface area contributed by atoms with Gasteiger partial charge in [0.15, 0.2) is 0 Å². The maximum Gasteiger partial charge on any atom is 0.352 e. The van der Waals surface area contributed by atoms with Crippen molar-refractivity contribution in [1.29, 1.82) is 0 Å². The lowest BCUT2D eigenvalue weighted by Gasteiger charge is -2.15. The van der Waals surface area contributed by atoms with E-state index in [1.165, 1.54) is 0 Å². The minimum absolute atomic E-state index is 0.0561. The first kappa shape index (κ1) is 23.2. The molecule has 3 rings (SSSR count). The van der Waals surface area contributed by atoms with Gasteiger partial charge in [-0.3, -0.25) is 14.2 Å². The average molecular weight is 435 g/mol. The molecule has 7 heteroatoms. The Hall–Kier alpha value is -3.48. The van der Waals surface area contributed by atoms with Crippen LogP contribution in [-0.4, -0.2) is 26.3 Å². The second-order valence-corrected chi connectivity index (χ2v) is 8.39. The molecule has 1 amide bonds. The number of hydrogen-bond acceptors (Lipinski definition) is 4. The predicted molar refractivity (Wildman–Crippen MR) is 126 cm³/mol. The molecule has 1 N–H and O–H groups in total. The molecule has 0 bridgehead atoms. The lowest BCUT2D eigenvalue weighted by Crippen LogP contribution is -2.47. The van der Waals surface area contributed by atoms with Crippen molar-refractivity contribution in [3.63, 3.8) is 0 Å². The summed E-state index contributed by atoms with van der Waals surface area (Å²) < 4.78 is 2.21. The molecule has 2 aromatic carbocycles. The van der Waals surface area contributed by atoms with E-state index in [0.29, 0.717) is 18.0 Å². The van der Waals surface area contributed by atoms with Crippen molar-refractivity contribution >= 4 is 5.91 Å². The molecule has 1 aromatic heterocycles. The summed E-state index contributed by atoms with van der Waals surface area (Å²) in [5, 5.41) is 6.97. The standard InChI is InChI=1S/C25H30N4O3/c1-6-18(5)26-23(30)22-24(31)28(15-20-10-8-7-9-17(20)4)25(32)29(27-22)21-13-11-19(12-14-21)16(2)3/h7-14,16,18H,6,15H2,1-5H3,(H,26,30)/t18-/m0/s1. The van der Waals surface area contributed by atoms with Crippen LogP contribution in [0.25, 0.3) is 5.69 Å². The second-order valence-electron chi connectivity index (χ2n) is 8.39. The maximum absolute atomic E-state index is 13.3. The van der Waals surface area contributed by atoms with Crippen molar-refractivity contribution in [1.82, 2.24) is 19.7 Å². The SMILES string of the molecule is CC[C@H](C)NC(=O)c1nn(-c2ccc(C(C)C)cc2)c(=O)n(Cc2ccccc2C)c1=O. The molecule has 0 radical (unpaired) electrons. The summed E-state index contributed by atoms with van der Waals surface area (Å²) in [6, 6.07) is 14.8. The number of aryl methyl sites for hydroxylation is 1. The average Bonchev–Trinajstić information content (AvgIpc) is 2.77. The molecule has 1 heterocycles. The molecule has 0 saturated carbocycles. The fraction of sp³-hybridized carbons (Fsp3) is 0.360. The van der Waals surface area contributed by atoms with Crippen LogP contribution in [0.2, 0.25) is 0 Å². The first-order valence-corrected chi connectivity index (χ1v) is 10.9. The summed E-state index contributed by atoms with van der Waals surface area (Å²) in [4.78, 5) is 39.3. The van der Waals surface area contributed by atoms with Gasteiger partial charge in [0, 0.05) is 6.04 Å². The third kappa shape index (κ3) is 4.88. The van der Waals surface area contributed by atoms with Gasteiger partial charge in [0.05, 0.1) is 12.2 Å². The van der Waals surface area contributed by atoms with Crippen LogP contribution in [0, 0.1) is 6.92 Å². The molecule has 0 aliphatic rings. The highest BCUT2D eigenvalue weighted by Gasteiger charge is 2.21. The molecule has 0 spiro atoms. The van der Waals surface area contributed by atoms with Crippen molar-refractivity contribution in [3.8, 4) is 5.69 Å². The van der Waals surface area contributed by atoms with Gasteiger partial charge >= 0.3 is 5.69 Å². The number of carbonyl (C=O) groups is 1. The van der Waals surface area contributed by atoms with Crippen LogP contribution in [-0.2, 0) is 6.54 Å². The van der Waals surface area contributed by atoms with Crippen molar-refractivity contribution in [2.75, 3.05) is 0 Å². The molecule has 0 fully saturated rings. The van der Waals surface area contributed by atoms with Crippen LogP contribution in [0.1, 0.15) is 67.2 Å². The Bertz CT molecular complexity index is 1220. The van der Waals surface area contributed by atoms with Crippen LogP contribution in [0.4, 0.5) is 0 Å². The number of hydrogen-bond donors (Lipinski definition) is 1. The Balaban J connectivity index is 2.19. The van der Waals surface area contributed by atoms with Gasteiger partial charge in [0.2, 0.25) is 5.69 Å². The van der Waals surface area contributed by atoms with Gasteiger partial charge in [-0.1, -0.05) is 57.2 Å². The Labute approximate surface area is 187 Å². The van der Waals surface area contributed by atoms with E-state index in [0.717, 1.165) is 25.9 Å². The minimum Gasteiger partial charge on any atom is -0.348 e. The Morgan fingerprint density at radius 1 is 1.03 bits per heavy atom. The number of aromatic nitrogens is 3. The van der Waals surface area contributed by atoms with Gasteiger partial charge < -0.3 is 5.32 Å². The quantitative estimate of drug-likeness (QED) is 0.618. The van der Waals surface area contributed by atoms with Crippen molar-refractivity contribution in [2.45, 2.75) is 59.5 Å². The molecule has 7 nitrogen and oxygen atoms in total. The zero-order valence-electron chi connectivity index (χ0n) is 19.3. The molecule has 0 unspecified atom stereocenters. The van der Waals surface area contributed by atoms with E-state index >= 15 is 0 Å². The molecule has 1 atom stereocenters. The van der Waals surface area contributed by atoms with E-state index in [4.69, 9.17) is 0 Å². The van der Waals surface area contributed by atoms with E-state index in [2.05, 4.69) is 24.3 Å². The fourth-order valence-corrected chi connectivity index (χ4v) is 3.32. The summed E-state index contributed by atoms with van der Waals surface area (Å²) in [6.07, 6.45) is 0.708. The lowest BCUT2D eigenvalue weighted by molar-refractivity contribution is 0.0929. The molecule has 3 aromatic rings. The minimum atomic E-state index is -0.700. The normalized spacial score (nSPS) is 12.1.